The van der Waals surface area contributed by atoms with Gasteiger partial charge in [0.25, 0.3) is 0 Å². The van der Waals surface area contributed by atoms with Crippen LogP contribution in [0.2, 0.25) is 0 Å². The number of rotatable bonds is 19. The van der Waals surface area contributed by atoms with E-state index in [0.717, 1.165) is 249 Å². The highest BCUT2D eigenvalue weighted by atomic mass is 16.2. The second-order valence-electron chi connectivity index (χ2n) is 38.5. The third-order valence-corrected chi connectivity index (χ3v) is 27.1. The Balaban J connectivity index is 0.000000111. The summed E-state index contributed by atoms with van der Waals surface area (Å²) in [6, 6.07) is 58.7. The molecule has 12 aromatic heterocycles. The van der Waals surface area contributed by atoms with Crippen LogP contribution in [0.25, 0.3) is 178 Å². The predicted molar refractivity (Wildman–Crippen MR) is 565 cm³/mol. The SMILES string of the molecule is CC(C)(C)C(=O)Nc1cncc(-c2ccc3[nH]nc(-c4nc5c(N6CCCCC6)cccc5[nH]4)c3c2)c1.CC(C)C(=O)Nc1cncc(-c2ccc3[nH]nc(-c4nc5c(N6CCCCC6)cccc5[nH]4)c3c2)c1.CCNCc1cncc(-c2ccc3[nH]nc(-c4nc5c(N6CCCCC6)cccc5[nH]4)c3c2)c1.CN(C)c1cncc(-c2ccc3[nH]nc(-c4nc5c(N6CCCCC6)cccc5[nH]4)c3c2)c1. The number of piperidine rings is 4. The Morgan fingerprint density at radius 2 is 0.671 bits per heavy atom. The molecular formula is C110H116N28O2. The fourth-order valence-corrected chi connectivity index (χ4v) is 19.4. The first-order chi connectivity index (χ1) is 68.4. The van der Waals surface area contributed by atoms with Gasteiger partial charge in [-0.15, -0.1) is 0 Å². The van der Waals surface area contributed by atoms with E-state index >= 15 is 0 Å². The molecule has 0 bridgehead atoms. The van der Waals surface area contributed by atoms with Gasteiger partial charge in [0.1, 0.15) is 44.8 Å². The lowest BCUT2D eigenvalue weighted by atomic mass is 9.95. The summed E-state index contributed by atoms with van der Waals surface area (Å²) in [5.41, 5.74) is 31.3. The molecule has 0 saturated carbocycles. The van der Waals surface area contributed by atoms with Crippen molar-refractivity contribution in [3.63, 3.8) is 0 Å². The van der Waals surface area contributed by atoms with Crippen molar-refractivity contribution in [3.05, 3.63) is 225 Å². The number of carbonyl (C=O) groups is 2. The average molecular weight is 1860 g/mol. The quantitative estimate of drug-likeness (QED) is 0.0358. The first kappa shape index (κ1) is 90.5. The number of anilines is 7. The minimum absolute atomic E-state index is 0.0321. The number of hydrogen-bond acceptors (Lipinski definition) is 20. The first-order valence-corrected chi connectivity index (χ1v) is 49.1. The maximum atomic E-state index is 12.5. The maximum Gasteiger partial charge on any atom is 0.229 e. The Morgan fingerprint density at radius 3 is 0.993 bits per heavy atom. The molecule has 4 saturated heterocycles. The summed E-state index contributed by atoms with van der Waals surface area (Å²) in [5, 5.41) is 44.4. The van der Waals surface area contributed by atoms with E-state index in [2.05, 4.69) is 261 Å². The molecule has 8 aromatic carbocycles. The number of carbonyl (C=O) groups excluding carboxylic acids is 2. The zero-order valence-corrected chi connectivity index (χ0v) is 80.3. The highest BCUT2D eigenvalue weighted by molar-refractivity contribution is 6.04. The standard InChI is InChI=1S/C29H31N7O.C28H29N7O.C27H29N7.C26H27N7/c1-29(2,3)28(37)31-20-14-19(16-30-17-20)18-10-11-22-21(15-18)25(35-34-22)27-32-23-8-7-9-24(26(23)33-27)36-12-5-4-6-13-36;1-17(2)28(36)30-20-13-19(15-29-16-20)18-9-10-22-21(14-18)25(34-33-22)27-31-23-7-6-8-24(26(23)32-27)35-11-4-3-5-12-35;1-2-28-15-18-13-20(17-29-16-18)19-9-10-22-21(14-19)25(33-32-22)27-30-23-7-6-8-24(26(23)31-27)34-11-4-3-5-12-34;1-32(2)19-13-18(15-27-16-19)17-9-10-21-20(14-17)24(31-30-21)26-28-22-7-6-8-23(25(22)29-26)33-11-4-3-5-12-33/h7-11,14-17H,4-6,12-13H2,1-3H3,(H,31,37)(H,32,33)(H,34,35);6-10,13-17H,3-5,11-12H2,1-2H3,(H,30,36)(H,31,32)(H,33,34);6-10,13-14,16-17,28H,2-5,11-12,15H2,1H3,(H,30,31)(H,32,33);6-10,13-16H,3-5,11-12H2,1-2H3,(H,28,29)(H,30,31). The van der Waals surface area contributed by atoms with Gasteiger partial charge in [-0.3, -0.25) is 49.9 Å². The zero-order chi connectivity index (χ0) is 95.5. The van der Waals surface area contributed by atoms with Crippen molar-refractivity contribution in [2.75, 3.05) is 108 Å². The van der Waals surface area contributed by atoms with Crippen LogP contribution >= 0.6 is 0 Å². The van der Waals surface area contributed by atoms with Gasteiger partial charge in [-0.2, -0.15) is 20.4 Å². The molecule has 0 atom stereocenters. The van der Waals surface area contributed by atoms with Crippen molar-refractivity contribution < 1.29 is 9.59 Å². The number of nitrogens with zero attached hydrogens (tertiary/aromatic N) is 17. The smallest absolute Gasteiger partial charge is 0.229 e. The molecular weight excluding hydrogens is 1750 g/mol. The van der Waals surface area contributed by atoms with Crippen LogP contribution in [0.15, 0.2) is 219 Å². The van der Waals surface area contributed by atoms with E-state index in [9.17, 15) is 9.59 Å². The molecule has 4 aliphatic heterocycles. The lowest BCUT2D eigenvalue weighted by Crippen LogP contribution is -2.29. The van der Waals surface area contributed by atoms with Gasteiger partial charge in [0.15, 0.2) is 23.3 Å². The fraction of sp³-hybridized carbons (Fsp3) is 0.291. The van der Waals surface area contributed by atoms with E-state index in [1.54, 1.807) is 24.8 Å². The number of fused-ring (bicyclic) bond motifs is 8. The van der Waals surface area contributed by atoms with Gasteiger partial charge in [-0.1, -0.05) is 90.1 Å². The topological polar surface area (TPSA) is 367 Å². The molecule has 11 N–H and O–H groups in total. The number of H-pyrrole nitrogens is 8. The number of amides is 2. The molecule has 30 nitrogen and oxygen atoms in total. The van der Waals surface area contributed by atoms with Gasteiger partial charge in [0.2, 0.25) is 11.8 Å². The van der Waals surface area contributed by atoms with E-state index in [-0.39, 0.29) is 17.7 Å². The van der Waals surface area contributed by atoms with E-state index < -0.39 is 5.41 Å². The van der Waals surface area contributed by atoms with Crippen LogP contribution < -0.4 is 40.4 Å². The number of aromatic nitrogens is 20. The summed E-state index contributed by atoms with van der Waals surface area (Å²) >= 11 is 0. The number of benzene rings is 8. The van der Waals surface area contributed by atoms with E-state index in [1.807, 2.05) is 110 Å². The molecule has 4 fully saturated rings. The summed E-state index contributed by atoms with van der Waals surface area (Å²) in [4.78, 5) is 88.1. The van der Waals surface area contributed by atoms with Crippen LogP contribution in [0.1, 0.15) is 124 Å². The summed E-state index contributed by atoms with van der Waals surface area (Å²) in [7, 11) is 4.05. The lowest BCUT2D eigenvalue weighted by Gasteiger charge is -2.28. The van der Waals surface area contributed by atoms with Gasteiger partial charge >= 0.3 is 0 Å². The third-order valence-electron chi connectivity index (χ3n) is 27.1. The molecule has 30 heteroatoms. The average Bonchev–Trinajstić information content (AvgIpc) is 1.63. The maximum absolute atomic E-state index is 12.5. The summed E-state index contributed by atoms with van der Waals surface area (Å²) < 4.78 is 0. The number of aromatic amines is 8. The molecule has 708 valence electrons. The van der Waals surface area contributed by atoms with E-state index in [1.165, 1.54) is 105 Å². The molecule has 0 aliphatic carbocycles. The van der Waals surface area contributed by atoms with E-state index in [4.69, 9.17) is 19.9 Å². The van der Waals surface area contributed by atoms with Crippen LogP contribution in [-0.2, 0) is 16.1 Å². The molecule has 4 aliphatic rings. The minimum Gasteiger partial charge on any atom is -0.376 e. The fourth-order valence-electron chi connectivity index (χ4n) is 19.4. The predicted octanol–water partition coefficient (Wildman–Crippen LogP) is 22.4. The molecule has 0 spiro atoms. The second-order valence-corrected chi connectivity index (χ2v) is 38.5. The van der Waals surface area contributed by atoms with Crippen molar-refractivity contribution in [2.45, 2.75) is 125 Å². The normalized spacial score (nSPS) is 14.3. The van der Waals surface area contributed by atoms with Crippen LogP contribution in [-0.4, -0.2) is 185 Å². The van der Waals surface area contributed by atoms with Crippen molar-refractivity contribution in [3.8, 4) is 90.6 Å². The molecule has 16 heterocycles. The third kappa shape index (κ3) is 19.1. The monoisotopic (exact) mass is 1860 g/mol. The van der Waals surface area contributed by atoms with Crippen molar-refractivity contribution in [1.29, 1.82) is 0 Å². The molecule has 20 aromatic rings. The van der Waals surface area contributed by atoms with E-state index in [0.29, 0.717) is 11.4 Å². The van der Waals surface area contributed by atoms with Crippen LogP contribution in [0.3, 0.4) is 0 Å². The number of hydrogen-bond donors (Lipinski definition) is 11. The second kappa shape index (κ2) is 39.6. The Morgan fingerprint density at radius 1 is 0.357 bits per heavy atom. The Labute approximate surface area is 810 Å². The van der Waals surface area contributed by atoms with Gasteiger partial charge in [0.05, 0.1) is 103 Å². The molecule has 0 radical (unpaired) electrons. The first-order valence-electron chi connectivity index (χ1n) is 49.1. The number of pyridine rings is 4. The summed E-state index contributed by atoms with van der Waals surface area (Å²) in [6.07, 6.45) is 29.6. The lowest BCUT2D eigenvalue weighted by molar-refractivity contribution is -0.123. The molecule has 0 unspecified atom stereocenters. The summed E-state index contributed by atoms with van der Waals surface area (Å²) in [6.45, 7) is 21.9. The van der Waals surface area contributed by atoms with Crippen LogP contribution in [0.5, 0.6) is 0 Å². The highest BCUT2D eigenvalue weighted by Crippen LogP contribution is 2.42. The van der Waals surface area contributed by atoms with Crippen LogP contribution in [0.4, 0.5) is 39.8 Å². The van der Waals surface area contributed by atoms with Gasteiger partial charge in [0, 0.05) is 159 Å². The van der Waals surface area contributed by atoms with Crippen molar-refractivity contribution in [1.82, 2.24) is 106 Å². The number of nitrogens with one attached hydrogen (secondary N) is 11. The minimum atomic E-state index is -0.485. The van der Waals surface area contributed by atoms with Crippen molar-refractivity contribution in [2.24, 2.45) is 11.3 Å². The zero-order valence-electron chi connectivity index (χ0n) is 80.3. The number of para-hydroxylation sites is 4. The van der Waals surface area contributed by atoms with Gasteiger partial charge in [-0.25, -0.2) is 19.9 Å². The van der Waals surface area contributed by atoms with Crippen LogP contribution in [0, 0.1) is 11.3 Å². The van der Waals surface area contributed by atoms with Gasteiger partial charge in [-0.05, 0) is 233 Å². The largest absolute Gasteiger partial charge is 0.376 e. The Bertz CT molecular complexity index is 7880. The Hall–Kier alpha value is -16.0. The number of imidazole rings is 4. The molecule has 24 rings (SSSR count). The molecule has 2 amide bonds. The molecule has 140 heavy (non-hydrogen) atoms. The van der Waals surface area contributed by atoms with Gasteiger partial charge < -0.3 is 60.4 Å². The summed E-state index contributed by atoms with van der Waals surface area (Å²) in [5.74, 6) is 2.89. The Kier molecular flexibility index (Phi) is 25.6. The highest BCUT2D eigenvalue weighted by Gasteiger charge is 2.28. The van der Waals surface area contributed by atoms with Crippen molar-refractivity contribution >= 4 is 139 Å².